The van der Waals surface area contributed by atoms with Gasteiger partial charge in [-0.1, -0.05) is 182 Å². The molecule has 0 saturated carbocycles. The summed E-state index contributed by atoms with van der Waals surface area (Å²) in [4.78, 5) is 2.45. The second-order valence-corrected chi connectivity index (χ2v) is 16.4. The van der Waals surface area contributed by atoms with E-state index >= 15 is 0 Å². The Bertz CT molecular complexity index is 3640. The molecule has 296 valence electrons. The van der Waals surface area contributed by atoms with Crippen molar-refractivity contribution in [2.24, 2.45) is 0 Å². The van der Waals surface area contributed by atoms with Crippen LogP contribution in [0.1, 0.15) is 11.1 Å². The third kappa shape index (κ3) is 6.61. The van der Waals surface area contributed by atoms with Gasteiger partial charge in [0.15, 0.2) is 0 Å². The average Bonchev–Trinajstić information content (AvgIpc) is 3.73. The highest BCUT2D eigenvalue weighted by molar-refractivity contribution is 6.09. The summed E-state index contributed by atoms with van der Waals surface area (Å²) in [6, 6.07) is 85.9. The fourth-order valence-electron chi connectivity index (χ4n) is 9.63. The molecule has 1 aromatic heterocycles. The monoisotopic (exact) mass is 803 g/mol. The zero-order valence-electron chi connectivity index (χ0n) is 34.6. The Kier molecular flexibility index (Phi) is 8.93. The molecule has 0 unspecified atom stereocenters. The van der Waals surface area contributed by atoms with E-state index in [1.807, 2.05) is 6.07 Å². The molecule has 11 aromatic carbocycles. The normalized spacial score (nSPS) is 11.6. The summed E-state index contributed by atoms with van der Waals surface area (Å²) in [5, 5.41) is 9.79. The lowest BCUT2D eigenvalue weighted by molar-refractivity contribution is 0.669. The molecule has 0 aliphatic heterocycles. The summed E-state index contributed by atoms with van der Waals surface area (Å²) < 4.78 is 6.50. The molecule has 0 atom stereocenters. The van der Waals surface area contributed by atoms with Gasteiger partial charge in [-0.2, -0.15) is 0 Å². The molecule has 0 radical (unpaired) electrons. The van der Waals surface area contributed by atoms with E-state index in [4.69, 9.17) is 4.42 Å². The summed E-state index contributed by atoms with van der Waals surface area (Å²) in [6.45, 7) is 0. The number of fused-ring (bicyclic) bond motifs is 7. The van der Waals surface area contributed by atoms with E-state index in [2.05, 4.69) is 235 Å². The van der Waals surface area contributed by atoms with Crippen LogP contribution in [0, 0.1) is 0 Å². The van der Waals surface area contributed by atoms with Gasteiger partial charge in [-0.3, -0.25) is 0 Å². The maximum absolute atomic E-state index is 6.50. The highest BCUT2D eigenvalue weighted by Crippen LogP contribution is 2.44. The Balaban J connectivity index is 1.07. The van der Waals surface area contributed by atoms with Crippen LogP contribution in [-0.2, 0) is 6.42 Å². The van der Waals surface area contributed by atoms with Crippen molar-refractivity contribution in [2.75, 3.05) is 4.90 Å². The van der Waals surface area contributed by atoms with Crippen molar-refractivity contribution in [3.63, 3.8) is 0 Å². The summed E-state index contributed by atoms with van der Waals surface area (Å²) in [6.07, 6.45) is 0.711. The number of benzene rings is 11. The minimum Gasteiger partial charge on any atom is -0.456 e. The molecular formula is C61H41NO. The number of anilines is 3. The predicted octanol–water partition coefficient (Wildman–Crippen LogP) is 17.1. The molecule has 0 bridgehead atoms. The second-order valence-electron chi connectivity index (χ2n) is 16.4. The van der Waals surface area contributed by atoms with Gasteiger partial charge < -0.3 is 9.32 Å². The van der Waals surface area contributed by atoms with Crippen LogP contribution in [0.3, 0.4) is 0 Å². The lowest BCUT2D eigenvalue weighted by Gasteiger charge is -2.30. The van der Waals surface area contributed by atoms with Crippen molar-refractivity contribution < 1.29 is 4.42 Å². The highest BCUT2D eigenvalue weighted by atomic mass is 16.3. The molecule has 0 aliphatic carbocycles. The van der Waals surface area contributed by atoms with Gasteiger partial charge in [-0.05, 0) is 131 Å². The minimum atomic E-state index is 0.711. The summed E-state index contributed by atoms with van der Waals surface area (Å²) in [5.41, 5.74) is 14.7. The first-order chi connectivity index (χ1) is 31.2. The molecule has 1 heterocycles. The molecule has 0 N–H and O–H groups in total. The van der Waals surface area contributed by atoms with Crippen molar-refractivity contribution in [3.8, 4) is 33.4 Å². The Labute approximate surface area is 366 Å². The zero-order chi connectivity index (χ0) is 41.7. The first-order valence-corrected chi connectivity index (χ1v) is 21.7. The van der Waals surface area contributed by atoms with Gasteiger partial charge in [-0.25, -0.2) is 0 Å². The van der Waals surface area contributed by atoms with Crippen LogP contribution in [-0.4, -0.2) is 0 Å². The van der Waals surface area contributed by atoms with Gasteiger partial charge in [0.25, 0.3) is 0 Å². The van der Waals surface area contributed by atoms with Gasteiger partial charge in [0.05, 0.1) is 5.69 Å². The average molecular weight is 804 g/mol. The van der Waals surface area contributed by atoms with E-state index in [0.717, 1.165) is 44.6 Å². The van der Waals surface area contributed by atoms with E-state index in [-0.39, 0.29) is 0 Å². The van der Waals surface area contributed by atoms with E-state index in [9.17, 15) is 0 Å². The number of furan rings is 1. The lowest BCUT2D eigenvalue weighted by atomic mass is 9.88. The molecule has 0 amide bonds. The largest absolute Gasteiger partial charge is 0.456 e. The van der Waals surface area contributed by atoms with Crippen molar-refractivity contribution in [1.82, 2.24) is 0 Å². The molecule has 2 nitrogen and oxygen atoms in total. The lowest BCUT2D eigenvalue weighted by Crippen LogP contribution is -2.13. The standard InChI is InChI=1S/C61H41NO/c1-2-13-41(14-3-1)43-27-32-50(33-28-43)62(51-34-29-44(30-35-51)46-26-25-42-15-4-5-16-45(42)37-46)59-23-12-22-53(48-31-36-57-56-21-10-11-24-60(56)63-61(57)40-48)58(59)39-49-38-47-17-6-7-18-52(47)55-20-9-8-19-54(49)55/h1-38,40H,39H2. The van der Waals surface area contributed by atoms with Gasteiger partial charge in [0, 0.05) is 28.6 Å². The minimum absolute atomic E-state index is 0.711. The number of rotatable bonds is 8. The fourth-order valence-corrected chi connectivity index (χ4v) is 9.63. The number of hydrogen-bond acceptors (Lipinski definition) is 2. The Morgan fingerprint density at radius 3 is 1.67 bits per heavy atom. The molecule has 0 saturated heterocycles. The van der Waals surface area contributed by atoms with Gasteiger partial charge in [0.2, 0.25) is 0 Å². The zero-order valence-corrected chi connectivity index (χ0v) is 34.6. The maximum Gasteiger partial charge on any atom is 0.136 e. The molecule has 0 spiro atoms. The summed E-state index contributed by atoms with van der Waals surface area (Å²) in [5.74, 6) is 0. The van der Waals surface area contributed by atoms with Crippen LogP contribution in [0.5, 0.6) is 0 Å². The molecule has 63 heavy (non-hydrogen) atoms. The second kappa shape index (κ2) is 15.4. The van der Waals surface area contributed by atoms with E-state index < -0.39 is 0 Å². The van der Waals surface area contributed by atoms with Crippen molar-refractivity contribution >= 4 is 71.3 Å². The van der Waals surface area contributed by atoms with Crippen LogP contribution in [0.15, 0.2) is 241 Å². The van der Waals surface area contributed by atoms with E-state index in [1.54, 1.807) is 0 Å². The summed E-state index contributed by atoms with van der Waals surface area (Å²) in [7, 11) is 0. The molecular weight excluding hydrogens is 763 g/mol. The van der Waals surface area contributed by atoms with Crippen LogP contribution in [0.2, 0.25) is 0 Å². The van der Waals surface area contributed by atoms with Crippen LogP contribution < -0.4 is 4.90 Å². The smallest absolute Gasteiger partial charge is 0.136 e. The molecule has 0 fully saturated rings. The third-order valence-corrected chi connectivity index (χ3v) is 12.7. The quantitative estimate of drug-likeness (QED) is 0.142. The third-order valence-electron chi connectivity index (χ3n) is 12.7. The Morgan fingerprint density at radius 2 is 0.889 bits per heavy atom. The molecule has 0 aliphatic rings. The van der Waals surface area contributed by atoms with Gasteiger partial charge in [0.1, 0.15) is 11.2 Å². The summed E-state index contributed by atoms with van der Waals surface area (Å²) >= 11 is 0. The topological polar surface area (TPSA) is 16.4 Å². The predicted molar refractivity (Wildman–Crippen MR) is 266 cm³/mol. The number of nitrogens with zero attached hydrogens (tertiary/aromatic N) is 1. The SMILES string of the molecule is c1ccc(-c2ccc(N(c3ccc(-c4ccc5ccccc5c4)cc3)c3cccc(-c4ccc5c(c4)oc4ccccc45)c3Cc3cc4ccccc4c4ccccc34)cc2)cc1. The first kappa shape index (κ1) is 36.6. The van der Waals surface area contributed by atoms with Crippen LogP contribution in [0.4, 0.5) is 17.1 Å². The van der Waals surface area contributed by atoms with Crippen molar-refractivity contribution in [1.29, 1.82) is 0 Å². The number of hydrogen-bond donors (Lipinski definition) is 0. The van der Waals surface area contributed by atoms with E-state index in [0.29, 0.717) is 6.42 Å². The fraction of sp³-hybridized carbons (Fsp3) is 0.0164. The van der Waals surface area contributed by atoms with Gasteiger partial charge >= 0.3 is 0 Å². The van der Waals surface area contributed by atoms with Crippen LogP contribution in [0.25, 0.3) is 87.6 Å². The number of para-hydroxylation sites is 1. The molecule has 12 aromatic rings. The maximum atomic E-state index is 6.50. The van der Waals surface area contributed by atoms with Crippen molar-refractivity contribution in [3.05, 3.63) is 248 Å². The first-order valence-electron chi connectivity index (χ1n) is 21.7. The molecule has 2 heteroatoms. The van der Waals surface area contributed by atoms with Gasteiger partial charge in [-0.15, -0.1) is 0 Å². The van der Waals surface area contributed by atoms with Crippen LogP contribution >= 0.6 is 0 Å². The molecule has 12 rings (SSSR count). The van der Waals surface area contributed by atoms with Crippen molar-refractivity contribution in [2.45, 2.75) is 6.42 Å². The van der Waals surface area contributed by atoms with E-state index in [1.165, 1.54) is 71.3 Å². The Morgan fingerprint density at radius 1 is 0.317 bits per heavy atom. The Hall–Kier alpha value is -8.20. The highest BCUT2D eigenvalue weighted by Gasteiger charge is 2.22.